The van der Waals surface area contributed by atoms with E-state index >= 15 is 0 Å². The van der Waals surface area contributed by atoms with E-state index in [-0.39, 0.29) is 0 Å². The molecule has 19 heavy (non-hydrogen) atoms. The molecule has 1 saturated heterocycles. The standard InChI is InChI=1S/C14H25N5/c1-4-7-16-12-9-13(18-14(15)17-12)19-8-5-6-11(19)10(2)3/h9-11H,4-8H2,1-3H3,(H3,15,16,17,18). The highest BCUT2D eigenvalue weighted by Gasteiger charge is 2.28. The Bertz CT molecular complexity index is 418. The Hall–Kier alpha value is -1.52. The summed E-state index contributed by atoms with van der Waals surface area (Å²) in [6.07, 6.45) is 3.53. The third-order valence-corrected chi connectivity index (χ3v) is 3.65. The van der Waals surface area contributed by atoms with Crippen LogP contribution >= 0.6 is 0 Å². The molecule has 3 N–H and O–H groups in total. The van der Waals surface area contributed by atoms with Gasteiger partial charge in [-0.05, 0) is 25.2 Å². The lowest BCUT2D eigenvalue weighted by atomic mass is 10.0. The van der Waals surface area contributed by atoms with Crippen LogP contribution in [0.15, 0.2) is 6.07 Å². The summed E-state index contributed by atoms with van der Waals surface area (Å²) in [6, 6.07) is 2.58. The van der Waals surface area contributed by atoms with Crippen LogP contribution in [0.2, 0.25) is 0 Å². The van der Waals surface area contributed by atoms with Crippen molar-refractivity contribution >= 4 is 17.6 Å². The zero-order chi connectivity index (χ0) is 13.8. The van der Waals surface area contributed by atoms with Gasteiger partial charge in [0.1, 0.15) is 11.6 Å². The topological polar surface area (TPSA) is 67.1 Å². The smallest absolute Gasteiger partial charge is 0.223 e. The Morgan fingerprint density at radius 3 is 2.95 bits per heavy atom. The molecule has 2 rings (SSSR count). The van der Waals surface area contributed by atoms with E-state index in [4.69, 9.17) is 5.73 Å². The van der Waals surface area contributed by atoms with E-state index in [1.165, 1.54) is 12.8 Å². The maximum atomic E-state index is 5.83. The van der Waals surface area contributed by atoms with Gasteiger partial charge in [-0.15, -0.1) is 0 Å². The molecule has 1 atom stereocenters. The predicted molar refractivity (Wildman–Crippen MR) is 80.4 cm³/mol. The lowest BCUT2D eigenvalue weighted by Crippen LogP contribution is -2.34. The van der Waals surface area contributed by atoms with Crippen LogP contribution in [0.25, 0.3) is 0 Å². The molecular formula is C14H25N5. The van der Waals surface area contributed by atoms with E-state index in [9.17, 15) is 0 Å². The van der Waals surface area contributed by atoms with Crippen molar-refractivity contribution in [3.8, 4) is 0 Å². The summed E-state index contributed by atoms with van der Waals surface area (Å²) < 4.78 is 0. The fourth-order valence-corrected chi connectivity index (χ4v) is 2.71. The molecule has 0 bridgehead atoms. The summed E-state index contributed by atoms with van der Waals surface area (Å²) in [5.74, 6) is 2.78. The summed E-state index contributed by atoms with van der Waals surface area (Å²) in [4.78, 5) is 11.0. The van der Waals surface area contributed by atoms with Gasteiger partial charge in [-0.25, -0.2) is 0 Å². The van der Waals surface area contributed by atoms with Crippen molar-refractivity contribution in [1.29, 1.82) is 0 Å². The fraction of sp³-hybridized carbons (Fsp3) is 0.714. The van der Waals surface area contributed by atoms with Crippen LogP contribution in [0.3, 0.4) is 0 Å². The second kappa shape index (κ2) is 6.08. The van der Waals surface area contributed by atoms with Crippen molar-refractivity contribution in [1.82, 2.24) is 9.97 Å². The number of rotatable bonds is 5. The van der Waals surface area contributed by atoms with E-state index in [0.29, 0.717) is 17.9 Å². The molecule has 1 aromatic rings. The van der Waals surface area contributed by atoms with Crippen LogP contribution in [-0.4, -0.2) is 29.1 Å². The molecule has 5 nitrogen and oxygen atoms in total. The van der Waals surface area contributed by atoms with Crippen molar-refractivity contribution in [3.63, 3.8) is 0 Å². The van der Waals surface area contributed by atoms with Crippen molar-refractivity contribution in [2.75, 3.05) is 29.0 Å². The molecule has 1 aromatic heterocycles. The van der Waals surface area contributed by atoms with E-state index in [0.717, 1.165) is 31.1 Å². The van der Waals surface area contributed by atoms with Crippen LogP contribution in [0, 0.1) is 5.92 Å². The highest BCUT2D eigenvalue weighted by atomic mass is 15.3. The highest BCUT2D eigenvalue weighted by molar-refractivity contribution is 5.53. The van der Waals surface area contributed by atoms with Gasteiger partial charge in [0.15, 0.2) is 0 Å². The fourth-order valence-electron chi connectivity index (χ4n) is 2.71. The molecule has 0 saturated carbocycles. The van der Waals surface area contributed by atoms with Crippen molar-refractivity contribution in [3.05, 3.63) is 6.07 Å². The van der Waals surface area contributed by atoms with Crippen molar-refractivity contribution in [2.45, 2.75) is 46.1 Å². The minimum Gasteiger partial charge on any atom is -0.370 e. The monoisotopic (exact) mass is 263 g/mol. The molecule has 0 radical (unpaired) electrons. The molecule has 106 valence electrons. The first-order chi connectivity index (χ1) is 9.11. The summed E-state index contributed by atoms with van der Waals surface area (Å²) in [5, 5.41) is 3.29. The van der Waals surface area contributed by atoms with Crippen LogP contribution in [-0.2, 0) is 0 Å². The van der Waals surface area contributed by atoms with Gasteiger partial charge >= 0.3 is 0 Å². The van der Waals surface area contributed by atoms with E-state index < -0.39 is 0 Å². The molecule has 1 fully saturated rings. The number of aromatic nitrogens is 2. The minimum atomic E-state index is 0.352. The average molecular weight is 263 g/mol. The lowest BCUT2D eigenvalue weighted by molar-refractivity contribution is 0.489. The predicted octanol–water partition coefficient (Wildman–Crippen LogP) is 2.51. The lowest BCUT2D eigenvalue weighted by Gasteiger charge is -2.29. The second-order valence-corrected chi connectivity index (χ2v) is 5.54. The molecule has 0 aromatic carbocycles. The highest BCUT2D eigenvalue weighted by Crippen LogP contribution is 2.29. The Balaban J connectivity index is 2.21. The SMILES string of the molecule is CCCNc1cc(N2CCCC2C(C)C)nc(N)n1. The third-order valence-electron chi connectivity index (χ3n) is 3.65. The third kappa shape index (κ3) is 3.28. The largest absolute Gasteiger partial charge is 0.370 e. The van der Waals surface area contributed by atoms with Crippen LogP contribution in [0.4, 0.5) is 17.6 Å². The second-order valence-electron chi connectivity index (χ2n) is 5.54. The number of anilines is 3. The number of nitrogens with two attached hydrogens (primary N) is 1. The molecule has 1 unspecified atom stereocenters. The summed E-state index contributed by atoms with van der Waals surface area (Å²) in [6.45, 7) is 8.64. The molecule has 5 heteroatoms. The molecule has 0 spiro atoms. The Morgan fingerprint density at radius 1 is 1.47 bits per heavy atom. The van der Waals surface area contributed by atoms with E-state index in [1.807, 2.05) is 6.07 Å². The van der Waals surface area contributed by atoms with Crippen LogP contribution < -0.4 is 16.0 Å². The van der Waals surface area contributed by atoms with Crippen molar-refractivity contribution < 1.29 is 0 Å². The molecule has 1 aliphatic rings. The molecular weight excluding hydrogens is 238 g/mol. The molecule has 2 heterocycles. The van der Waals surface area contributed by atoms with Gasteiger partial charge in [0.2, 0.25) is 5.95 Å². The first-order valence-corrected chi connectivity index (χ1v) is 7.27. The van der Waals surface area contributed by atoms with Gasteiger partial charge in [0.25, 0.3) is 0 Å². The summed E-state index contributed by atoms with van der Waals surface area (Å²) in [5.41, 5.74) is 5.83. The maximum absolute atomic E-state index is 5.83. The first kappa shape index (κ1) is 13.9. The van der Waals surface area contributed by atoms with Crippen molar-refractivity contribution in [2.24, 2.45) is 5.92 Å². The first-order valence-electron chi connectivity index (χ1n) is 7.27. The molecule has 1 aliphatic heterocycles. The maximum Gasteiger partial charge on any atom is 0.223 e. The van der Waals surface area contributed by atoms with Gasteiger partial charge in [0.05, 0.1) is 0 Å². The number of hydrogen-bond donors (Lipinski definition) is 2. The average Bonchev–Trinajstić information content (AvgIpc) is 2.85. The number of nitrogens with zero attached hydrogens (tertiary/aromatic N) is 3. The molecule has 0 aliphatic carbocycles. The van der Waals surface area contributed by atoms with Crippen LogP contribution in [0.1, 0.15) is 40.0 Å². The van der Waals surface area contributed by atoms with Gasteiger partial charge in [-0.1, -0.05) is 20.8 Å². The van der Waals surface area contributed by atoms with Crippen LogP contribution in [0.5, 0.6) is 0 Å². The van der Waals surface area contributed by atoms with Gasteiger partial charge in [0, 0.05) is 25.2 Å². The van der Waals surface area contributed by atoms with Gasteiger partial charge < -0.3 is 16.0 Å². The molecule has 0 amide bonds. The van der Waals surface area contributed by atoms with Gasteiger partial charge in [-0.3, -0.25) is 0 Å². The normalized spacial score (nSPS) is 19.2. The Kier molecular flexibility index (Phi) is 4.45. The number of hydrogen-bond acceptors (Lipinski definition) is 5. The number of nitrogens with one attached hydrogen (secondary N) is 1. The zero-order valence-electron chi connectivity index (χ0n) is 12.2. The summed E-state index contributed by atoms with van der Waals surface area (Å²) >= 11 is 0. The van der Waals surface area contributed by atoms with Gasteiger partial charge in [-0.2, -0.15) is 9.97 Å². The zero-order valence-corrected chi connectivity index (χ0v) is 12.2. The van der Waals surface area contributed by atoms with E-state index in [2.05, 4.69) is 41.0 Å². The minimum absolute atomic E-state index is 0.352. The Morgan fingerprint density at radius 2 is 2.26 bits per heavy atom. The quantitative estimate of drug-likeness (QED) is 0.854. The summed E-state index contributed by atoms with van der Waals surface area (Å²) in [7, 11) is 0. The number of nitrogen functional groups attached to an aromatic ring is 1. The Labute approximate surface area is 115 Å². The van der Waals surface area contributed by atoms with E-state index in [1.54, 1.807) is 0 Å².